The molecule has 2 aromatic carbocycles. The molecule has 0 spiro atoms. The van der Waals surface area contributed by atoms with Crippen LogP contribution in [-0.4, -0.2) is 0 Å². The molecule has 0 saturated carbocycles. The van der Waals surface area contributed by atoms with Gasteiger partial charge in [0.25, 0.3) is 0 Å². The van der Waals surface area contributed by atoms with Gasteiger partial charge in [0.15, 0.2) is 0 Å². The first-order valence-corrected chi connectivity index (χ1v) is 5.34. The van der Waals surface area contributed by atoms with E-state index in [9.17, 15) is 0 Å². The molecule has 0 aromatic heterocycles. The molecule has 4 radical (unpaired) electrons. The van der Waals surface area contributed by atoms with Gasteiger partial charge in [-0.1, -0.05) is 24.0 Å². The van der Waals surface area contributed by atoms with Gasteiger partial charge in [0.1, 0.15) is 0 Å². The van der Waals surface area contributed by atoms with Gasteiger partial charge in [-0.2, -0.15) is 10.5 Å². The van der Waals surface area contributed by atoms with Crippen LogP contribution in [-0.2, 0) is 0 Å². The Hall–Kier alpha value is -3.02. The van der Waals surface area contributed by atoms with E-state index in [-0.39, 0.29) is 7.43 Å². The number of nitrogens with zero attached hydrogens (tertiary/aromatic N) is 2. The second-order valence-corrected chi connectivity index (χ2v) is 3.64. The standard InChI is InChI=1S/C16H8N2.C/c17-11-15-5-1-3-13(9-15)7-8-14-4-2-6-16(10-14)12-18;/h1-6,9-10H;. The Morgan fingerprint density at radius 3 is 1.37 bits per heavy atom. The van der Waals surface area contributed by atoms with Gasteiger partial charge in [-0.15, -0.1) is 0 Å². The highest BCUT2D eigenvalue weighted by atomic mass is 14.2. The molecule has 2 rings (SSSR count). The van der Waals surface area contributed by atoms with E-state index in [2.05, 4.69) is 24.0 Å². The normalized spacial score (nSPS) is 8.11. The predicted octanol–water partition coefficient (Wildman–Crippen LogP) is 2.91. The molecule has 0 aliphatic carbocycles. The van der Waals surface area contributed by atoms with Gasteiger partial charge in [-0.3, -0.25) is 0 Å². The quantitative estimate of drug-likeness (QED) is 0.665. The number of nitriles is 2. The highest BCUT2D eigenvalue weighted by Gasteiger charge is 1.92. The van der Waals surface area contributed by atoms with Gasteiger partial charge in [0, 0.05) is 18.6 Å². The topological polar surface area (TPSA) is 47.6 Å². The molecule has 0 saturated heterocycles. The number of hydrogen-bond donors (Lipinski definition) is 0. The van der Waals surface area contributed by atoms with E-state index in [0.717, 1.165) is 11.1 Å². The lowest BCUT2D eigenvalue weighted by Crippen LogP contribution is -1.80. The maximum Gasteiger partial charge on any atom is 0.0992 e. The largest absolute Gasteiger partial charge is 0.192 e. The summed E-state index contributed by atoms with van der Waals surface area (Å²) < 4.78 is 0. The van der Waals surface area contributed by atoms with Crippen molar-refractivity contribution >= 4 is 0 Å². The average molecular weight is 240 g/mol. The van der Waals surface area contributed by atoms with Crippen molar-refractivity contribution in [3.05, 3.63) is 78.2 Å². The lowest BCUT2D eigenvalue weighted by molar-refractivity contribution is 1.47. The van der Waals surface area contributed by atoms with Gasteiger partial charge in [0.05, 0.1) is 23.3 Å². The van der Waals surface area contributed by atoms with E-state index in [1.807, 2.05) is 12.1 Å². The third kappa shape index (κ3) is 3.74. The molecule has 86 valence electrons. The molecular weight excluding hydrogens is 232 g/mol. The number of rotatable bonds is 0. The third-order valence-electron chi connectivity index (χ3n) is 2.33. The second kappa shape index (κ2) is 6.65. The SMILES string of the molecule is N#Cc1cccc(C#Cc2cccc(C#N)c2)c1.[C]. The summed E-state index contributed by atoms with van der Waals surface area (Å²) in [5.74, 6) is 5.95. The Morgan fingerprint density at radius 1 is 0.632 bits per heavy atom. The molecule has 0 amide bonds. The summed E-state index contributed by atoms with van der Waals surface area (Å²) in [5, 5.41) is 17.6. The Kier molecular flexibility index (Phi) is 4.92. The van der Waals surface area contributed by atoms with E-state index in [4.69, 9.17) is 10.5 Å². The van der Waals surface area contributed by atoms with E-state index in [0.29, 0.717) is 11.1 Å². The van der Waals surface area contributed by atoms with Gasteiger partial charge in [-0.05, 0) is 36.4 Å². The van der Waals surface area contributed by atoms with Crippen molar-refractivity contribution in [2.75, 3.05) is 0 Å². The third-order valence-corrected chi connectivity index (χ3v) is 2.33. The fraction of sp³-hybridized carbons (Fsp3) is 0. The first kappa shape index (κ1) is 14.0. The van der Waals surface area contributed by atoms with Crippen LogP contribution in [0.4, 0.5) is 0 Å². The monoisotopic (exact) mass is 240 g/mol. The van der Waals surface area contributed by atoms with Crippen LogP contribution >= 0.6 is 0 Å². The minimum Gasteiger partial charge on any atom is -0.192 e. The van der Waals surface area contributed by atoms with Crippen molar-refractivity contribution in [1.29, 1.82) is 10.5 Å². The Labute approximate surface area is 113 Å². The zero-order valence-corrected chi connectivity index (χ0v) is 10.0. The Balaban J connectivity index is 0.00000180. The molecule has 0 aliphatic heterocycles. The summed E-state index contributed by atoms with van der Waals surface area (Å²) in [5.41, 5.74) is 2.76. The van der Waals surface area contributed by atoms with Crippen LogP contribution < -0.4 is 0 Å². The molecule has 2 aromatic rings. The van der Waals surface area contributed by atoms with Crippen LogP contribution in [0.25, 0.3) is 0 Å². The summed E-state index contributed by atoms with van der Waals surface area (Å²) in [7, 11) is 0. The molecule has 2 nitrogen and oxygen atoms in total. The summed E-state index contributed by atoms with van der Waals surface area (Å²) in [6.07, 6.45) is 0. The molecule has 0 bridgehead atoms. The summed E-state index contributed by atoms with van der Waals surface area (Å²) in [6, 6.07) is 18.4. The maximum atomic E-state index is 8.78. The van der Waals surface area contributed by atoms with Crippen molar-refractivity contribution in [2.45, 2.75) is 0 Å². The predicted molar refractivity (Wildman–Crippen MR) is 71.5 cm³/mol. The maximum absolute atomic E-state index is 8.78. The molecule has 0 heterocycles. The Bertz CT molecular complexity index is 658. The van der Waals surface area contributed by atoms with Crippen molar-refractivity contribution in [1.82, 2.24) is 0 Å². The lowest BCUT2D eigenvalue weighted by Gasteiger charge is -1.92. The first-order chi connectivity index (χ1) is 8.81. The molecule has 19 heavy (non-hydrogen) atoms. The molecule has 0 fully saturated rings. The summed E-state index contributed by atoms with van der Waals surface area (Å²) in [6.45, 7) is 0. The van der Waals surface area contributed by atoms with E-state index < -0.39 is 0 Å². The minimum atomic E-state index is 0. The van der Waals surface area contributed by atoms with Crippen molar-refractivity contribution < 1.29 is 0 Å². The molecule has 2 heteroatoms. The second-order valence-electron chi connectivity index (χ2n) is 3.64. The molecule has 0 unspecified atom stereocenters. The minimum absolute atomic E-state index is 0. The van der Waals surface area contributed by atoms with Gasteiger partial charge in [0.2, 0.25) is 0 Å². The zero-order chi connectivity index (χ0) is 12.8. The molecule has 0 aliphatic rings. The molecule has 0 atom stereocenters. The fourth-order valence-electron chi connectivity index (χ4n) is 1.48. The fourth-order valence-corrected chi connectivity index (χ4v) is 1.48. The van der Waals surface area contributed by atoms with Crippen LogP contribution in [0.3, 0.4) is 0 Å². The van der Waals surface area contributed by atoms with Crippen LogP contribution in [0.2, 0.25) is 0 Å². The molecular formula is C17H8N2. The van der Waals surface area contributed by atoms with E-state index in [1.54, 1.807) is 36.4 Å². The van der Waals surface area contributed by atoms with Gasteiger partial charge in [-0.25, -0.2) is 0 Å². The lowest BCUT2D eigenvalue weighted by atomic mass is 10.1. The smallest absolute Gasteiger partial charge is 0.0992 e. The summed E-state index contributed by atoms with van der Waals surface area (Å²) in [4.78, 5) is 0. The number of hydrogen-bond acceptors (Lipinski definition) is 2. The van der Waals surface area contributed by atoms with Gasteiger partial charge >= 0.3 is 0 Å². The summed E-state index contributed by atoms with van der Waals surface area (Å²) >= 11 is 0. The van der Waals surface area contributed by atoms with Crippen LogP contribution in [0.1, 0.15) is 22.3 Å². The van der Waals surface area contributed by atoms with Crippen molar-refractivity contribution in [2.24, 2.45) is 0 Å². The first-order valence-electron chi connectivity index (χ1n) is 5.34. The molecule has 0 N–H and O–H groups in total. The number of benzene rings is 2. The highest BCUT2D eigenvalue weighted by Crippen LogP contribution is 2.05. The highest BCUT2D eigenvalue weighted by molar-refractivity contribution is 5.47. The van der Waals surface area contributed by atoms with E-state index in [1.165, 1.54) is 0 Å². The van der Waals surface area contributed by atoms with Crippen molar-refractivity contribution in [3.8, 4) is 24.0 Å². The zero-order valence-electron chi connectivity index (χ0n) is 10.0. The van der Waals surface area contributed by atoms with Crippen LogP contribution in [0, 0.1) is 41.9 Å². The average Bonchev–Trinajstić information content (AvgIpc) is 2.45. The Morgan fingerprint density at radius 2 is 1.00 bits per heavy atom. The van der Waals surface area contributed by atoms with Crippen LogP contribution in [0.15, 0.2) is 48.5 Å². The van der Waals surface area contributed by atoms with Crippen molar-refractivity contribution in [3.63, 3.8) is 0 Å². The van der Waals surface area contributed by atoms with E-state index >= 15 is 0 Å². The van der Waals surface area contributed by atoms with Crippen LogP contribution in [0.5, 0.6) is 0 Å². The van der Waals surface area contributed by atoms with Gasteiger partial charge < -0.3 is 0 Å².